The maximum atomic E-state index is 12.0. The summed E-state index contributed by atoms with van der Waals surface area (Å²) in [5, 5.41) is 76.8. The highest BCUT2D eigenvalue weighted by Gasteiger charge is 2.21. The van der Waals surface area contributed by atoms with Crippen molar-refractivity contribution in [3.8, 4) is 0 Å². The predicted octanol–water partition coefficient (Wildman–Crippen LogP) is -1.04. The number of ether oxygens (including phenoxy) is 8. The maximum Gasteiger partial charge on any atom is 0.338 e. The largest absolute Gasteiger partial charge is 0.462 e. The van der Waals surface area contributed by atoms with Crippen molar-refractivity contribution in [1.29, 1.82) is 0 Å². The highest BCUT2D eigenvalue weighted by Crippen LogP contribution is 2.12. The number of hydrogen-bond donors (Lipinski definition) is 10. The number of carbonyl (C=O) groups is 1. The molecule has 20 nitrogen and oxygen atoms in total. The average molecular weight is 896 g/mol. The molecule has 362 valence electrons. The molecule has 0 aliphatic rings. The van der Waals surface area contributed by atoms with Gasteiger partial charge in [0.25, 0.3) is 0 Å². The van der Waals surface area contributed by atoms with Gasteiger partial charge >= 0.3 is 5.97 Å². The van der Waals surface area contributed by atoms with E-state index >= 15 is 0 Å². The quantitative estimate of drug-likeness (QED) is 0.0162. The van der Waals surface area contributed by atoms with Crippen molar-refractivity contribution >= 4 is 5.97 Å². The van der Waals surface area contributed by atoms with Crippen LogP contribution in [-0.4, -0.2) is 207 Å². The molecule has 0 saturated heterocycles. The molecule has 12 N–H and O–H groups in total. The van der Waals surface area contributed by atoms with Gasteiger partial charge in [0.15, 0.2) is 0 Å². The summed E-state index contributed by atoms with van der Waals surface area (Å²) in [5.41, 5.74) is 7.18. The number of hydrazine groups is 1. The molecule has 1 rings (SSSR count). The predicted molar refractivity (Wildman–Crippen MR) is 226 cm³/mol. The summed E-state index contributed by atoms with van der Waals surface area (Å²) in [6, 6.07) is 8.98. The van der Waals surface area contributed by atoms with E-state index in [2.05, 4.69) is 0 Å². The molecule has 0 saturated carbocycles. The minimum absolute atomic E-state index is 0.0628. The number of esters is 1. The van der Waals surface area contributed by atoms with E-state index in [0.29, 0.717) is 24.4 Å². The second-order valence-corrected chi connectivity index (χ2v) is 15.0. The zero-order valence-corrected chi connectivity index (χ0v) is 36.2. The first-order chi connectivity index (χ1) is 30.0. The number of aliphatic hydroxyl groups is 8. The van der Waals surface area contributed by atoms with Crippen LogP contribution in [0.4, 0.5) is 0 Å². The zero-order chi connectivity index (χ0) is 45.6. The normalized spacial score (nSPS) is 15.5. The number of carbonyl (C=O) groups excluding carboxylic acids is 1. The van der Waals surface area contributed by atoms with Crippen LogP contribution in [-0.2, 0) is 37.9 Å². The summed E-state index contributed by atoms with van der Waals surface area (Å²) in [7, 11) is 0. The number of rotatable bonds is 43. The van der Waals surface area contributed by atoms with Crippen LogP contribution in [0.5, 0.6) is 0 Å². The first kappa shape index (κ1) is 57.4. The molecule has 1 aromatic rings. The Bertz CT molecular complexity index is 1140. The van der Waals surface area contributed by atoms with Crippen LogP contribution in [0.2, 0.25) is 0 Å². The van der Waals surface area contributed by atoms with Crippen LogP contribution in [0.3, 0.4) is 0 Å². The first-order valence-corrected chi connectivity index (χ1v) is 21.5. The molecule has 0 bridgehead atoms. The SMILES string of the molecule is N/C(=C\N(N)CCCCCCCCCCCOC(=O)c1ccccc1)COC(COC(COCC(O)CO)COCC(O)CO)COC(COCC(O)CO)COCC(O)CO. The molecule has 0 amide bonds. The summed E-state index contributed by atoms with van der Waals surface area (Å²) in [5.74, 6) is 5.93. The Morgan fingerprint density at radius 2 is 0.935 bits per heavy atom. The molecule has 62 heavy (non-hydrogen) atoms. The number of unbranched alkanes of at least 4 members (excludes halogenated alkanes) is 8. The molecule has 0 radical (unpaired) electrons. The number of hydrogen-bond acceptors (Lipinski definition) is 20. The molecule has 0 aliphatic heterocycles. The van der Waals surface area contributed by atoms with E-state index in [9.17, 15) is 25.2 Å². The number of nitrogens with zero attached hydrogens (tertiary/aromatic N) is 1. The lowest BCUT2D eigenvalue weighted by molar-refractivity contribution is -0.137. The molecule has 0 heterocycles. The number of nitrogens with two attached hydrogens (primary N) is 2. The van der Waals surface area contributed by atoms with E-state index in [1.165, 1.54) is 5.01 Å². The minimum atomic E-state index is -1.11. The van der Waals surface area contributed by atoms with Gasteiger partial charge in [0.1, 0.15) is 42.7 Å². The average Bonchev–Trinajstić information content (AvgIpc) is 3.28. The Labute approximate surface area is 366 Å². The van der Waals surface area contributed by atoms with Gasteiger partial charge in [-0.3, -0.25) is 0 Å². The van der Waals surface area contributed by atoms with E-state index in [1.54, 1.807) is 18.3 Å². The van der Waals surface area contributed by atoms with Gasteiger partial charge < -0.3 is 89.5 Å². The van der Waals surface area contributed by atoms with Crippen LogP contribution < -0.4 is 11.6 Å². The van der Waals surface area contributed by atoms with E-state index in [4.69, 9.17) is 69.9 Å². The molecule has 20 heteroatoms. The third-order valence-corrected chi connectivity index (χ3v) is 8.96. The Balaban J connectivity index is 2.67. The van der Waals surface area contributed by atoms with Crippen molar-refractivity contribution in [3.05, 3.63) is 47.8 Å². The van der Waals surface area contributed by atoms with Crippen molar-refractivity contribution in [2.75, 3.05) is 112 Å². The monoisotopic (exact) mass is 896 g/mol. The Kier molecular flexibility index (Phi) is 35.9. The molecule has 0 spiro atoms. The second kappa shape index (κ2) is 38.8. The van der Waals surface area contributed by atoms with Crippen LogP contribution in [0.25, 0.3) is 0 Å². The molecule has 4 unspecified atom stereocenters. The fraction of sp³-hybridized carbons (Fsp3) is 0.786. The summed E-state index contributed by atoms with van der Waals surface area (Å²) in [6.45, 7) is -2.20. The van der Waals surface area contributed by atoms with Crippen molar-refractivity contribution in [2.24, 2.45) is 11.6 Å². The number of benzene rings is 1. The van der Waals surface area contributed by atoms with Crippen LogP contribution >= 0.6 is 0 Å². The maximum absolute atomic E-state index is 12.0. The molecule has 0 fully saturated rings. The van der Waals surface area contributed by atoms with Crippen LogP contribution in [0.15, 0.2) is 42.2 Å². The van der Waals surface area contributed by atoms with Gasteiger partial charge in [0.2, 0.25) is 0 Å². The third kappa shape index (κ3) is 32.1. The Morgan fingerprint density at radius 1 is 0.548 bits per heavy atom. The van der Waals surface area contributed by atoms with Gasteiger partial charge in [-0.2, -0.15) is 0 Å². The topological polar surface area (TPSA) is 308 Å². The summed E-state index contributed by atoms with van der Waals surface area (Å²) in [4.78, 5) is 12.0. The molecular weight excluding hydrogens is 818 g/mol. The van der Waals surface area contributed by atoms with Crippen molar-refractivity contribution < 1.29 is 83.5 Å². The van der Waals surface area contributed by atoms with Crippen LogP contribution in [0.1, 0.15) is 68.1 Å². The fourth-order valence-corrected chi connectivity index (χ4v) is 5.46. The Morgan fingerprint density at radius 3 is 1.35 bits per heavy atom. The van der Waals surface area contributed by atoms with Gasteiger partial charge in [-0.1, -0.05) is 63.1 Å². The first-order valence-electron chi connectivity index (χ1n) is 21.5. The van der Waals surface area contributed by atoms with Crippen LogP contribution in [0, 0.1) is 0 Å². The highest BCUT2D eigenvalue weighted by atomic mass is 16.6. The number of aliphatic hydroxyl groups excluding tert-OH is 8. The fourth-order valence-electron chi connectivity index (χ4n) is 5.46. The van der Waals surface area contributed by atoms with Crippen molar-refractivity contribution in [3.63, 3.8) is 0 Å². The summed E-state index contributed by atoms with van der Waals surface area (Å²) in [6.07, 6.45) is 4.20. The zero-order valence-electron chi connectivity index (χ0n) is 36.2. The summed E-state index contributed by atoms with van der Waals surface area (Å²) >= 11 is 0. The standard InChI is InChI=1S/C42H77N3O17/c43-34(17-45(44)15-11-6-4-2-1-3-5-7-12-16-59-42(54)33-13-9-8-10-14-33)22-60-41(31-61-39(27-55-23-35(50)18-46)28-56-24-36(51)19-47)32-62-40(29-57-25-37(52)20-48)30-58-26-38(53)21-49/h8-10,13-14,17,35-41,46-53H,1-7,11-12,15-16,18-32,43-44H2/b34-17-. The molecular formula is C42H77N3O17. The van der Waals surface area contributed by atoms with E-state index in [-0.39, 0.29) is 78.6 Å². The van der Waals surface area contributed by atoms with E-state index < -0.39 is 69.2 Å². The van der Waals surface area contributed by atoms with Crippen molar-refractivity contribution in [2.45, 2.75) is 101 Å². The van der Waals surface area contributed by atoms with Gasteiger partial charge in [-0.05, 0) is 25.0 Å². The van der Waals surface area contributed by atoms with E-state index in [0.717, 1.165) is 57.8 Å². The lowest BCUT2D eigenvalue weighted by atomic mass is 10.1. The third-order valence-electron chi connectivity index (χ3n) is 8.96. The molecule has 0 aliphatic carbocycles. The minimum Gasteiger partial charge on any atom is -0.462 e. The Hall–Kier alpha value is -2.61. The van der Waals surface area contributed by atoms with E-state index in [1.807, 2.05) is 18.2 Å². The lowest BCUT2D eigenvalue weighted by Gasteiger charge is -2.26. The van der Waals surface area contributed by atoms with Gasteiger partial charge in [0.05, 0.1) is 117 Å². The smallest absolute Gasteiger partial charge is 0.338 e. The van der Waals surface area contributed by atoms with Gasteiger partial charge in [0, 0.05) is 12.7 Å². The lowest BCUT2D eigenvalue weighted by Crippen LogP contribution is -2.38. The molecule has 1 aromatic carbocycles. The van der Waals surface area contributed by atoms with Gasteiger partial charge in [-0.15, -0.1) is 0 Å². The second-order valence-electron chi connectivity index (χ2n) is 15.0. The van der Waals surface area contributed by atoms with Crippen molar-refractivity contribution in [1.82, 2.24) is 5.01 Å². The summed E-state index contributed by atoms with van der Waals surface area (Å²) < 4.78 is 45.4. The molecule has 0 aromatic heterocycles. The van der Waals surface area contributed by atoms with Gasteiger partial charge in [-0.25, -0.2) is 10.6 Å². The molecule has 4 atom stereocenters. The highest BCUT2D eigenvalue weighted by molar-refractivity contribution is 5.89.